The van der Waals surface area contributed by atoms with E-state index in [4.69, 9.17) is 4.74 Å². The highest BCUT2D eigenvalue weighted by Gasteiger charge is 2.48. The minimum absolute atomic E-state index is 0.0621. The van der Waals surface area contributed by atoms with Gasteiger partial charge in [-0.15, -0.1) is 0 Å². The number of nitrogens with zero attached hydrogens (tertiary/aromatic N) is 1. The third-order valence-electron chi connectivity index (χ3n) is 6.02. The van der Waals surface area contributed by atoms with E-state index >= 15 is 0 Å². The number of aryl methyl sites for hydroxylation is 1. The Labute approximate surface area is 208 Å². The Morgan fingerprint density at radius 2 is 1.89 bits per heavy atom. The molecule has 4 atom stereocenters. The summed E-state index contributed by atoms with van der Waals surface area (Å²) < 4.78 is 5.25. The van der Waals surface area contributed by atoms with Crippen molar-refractivity contribution in [3.05, 3.63) is 29.3 Å². The van der Waals surface area contributed by atoms with E-state index in [0.717, 1.165) is 19.3 Å². The molecule has 9 nitrogen and oxygen atoms in total. The van der Waals surface area contributed by atoms with Crippen molar-refractivity contribution < 1.29 is 29.3 Å². The molecule has 1 fully saturated rings. The summed E-state index contributed by atoms with van der Waals surface area (Å²) in [5.41, 5.74) is 0.0963. The van der Waals surface area contributed by atoms with Gasteiger partial charge in [-0.3, -0.25) is 9.59 Å². The van der Waals surface area contributed by atoms with Gasteiger partial charge >= 0.3 is 6.09 Å². The van der Waals surface area contributed by atoms with Crippen LogP contribution in [0.3, 0.4) is 0 Å². The highest BCUT2D eigenvalue weighted by atomic mass is 16.6. The second-order valence-electron chi connectivity index (χ2n) is 10.3. The van der Waals surface area contributed by atoms with Gasteiger partial charge in [0.15, 0.2) is 0 Å². The number of nitrogens with one attached hydrogen (secondary N) is 2. The van der Waals surface area contributed by atoms with Crippen LogP contribution in [0.15, 0.2) is 18.2 Å². The molecule has 35 heavy (non-hydrogen) atoms. The summed E-state index contributed by atoms with van der Waals surface area (Å²) in [6.07, 6.45) is 2.57. The molecule has 1 aliphatic rings. The van der Waals surface area contributed by atoms with Crippen molar-refractivity contribution in [1.82, 2.24) is 15.5 Å². The molecule has 2 rings (SSSR count). The second kappa shape index (κ2) is 12.2. The molecule has 0 heterocycles. The number of phenolic OH excluding ortho intramolecular Hbond substituents is 1. The Balaban J connectivity index is 2.42. The maximum absolute atomic E-state index is 13.7. The Hall–Kier alpha value is -2.81. The van der Waals surface area contributed by atoms with E-state index in [0.29, 0.717) is 24.1 Å². The van der Waals surface area contributed by atoms with Crippen molar-refractivity contribution in [2.75, 3.05) is 13.2 Å². The maximum atomic E-state index is 13.7. The monoisotopic (exact) mass is 491 g/mol. The van der Waals surface area contributed by atoms with Gasteiger partial charge in [0.1, 0.15) is 23.4 Å². The van der Waals surface area contributed by atoms with Crippen LogP contribution in [-0.2, 0) is 14.3 Å². The van der Waals surface area contributed by atoms with Gasteiger partial charge in [-0.25, -0.2) is 4.79 Å². The smallest absolute Gasteiger partial charge is 0.408 e. The molecule has 1 aliphatic carbocycles. The van der Waals surface area contributed by atoms with Crippen LogP contribution < -0.4 is 10.6 Å². The topological polar surface area (TPSA) is 128 Å². The summed E-state index contributed by atoms with van der Waals surface area (Å²) in [5.74, 6) is -0.958. The molecule has 1 aromatic carbocycles. The second-order valence-corrected chi connectivity index (χ2v) is 10.3. The number of aromatic hydroxyl groups is 1. The van der Waals surface area contributed by atoms with Crippen molar-refractivity contribution >= 4 is 17.9 Å². The molecule has 3 amide bonds. The van der Waals surface area contributed by atoms with Crippen molar-refractivity contribution in [1.29, 1.82) is 0 Å². The highest BCUT2D eigenvalue weighted by molar-refractivity contribution is 5.93. The predicted molar refractivity (Wildman–Crippen MR) is 133 cm³/mol. The first-order valence-electron chi connectivity index (χ1n) is 12.4. The first-order valence-corrected chi connectivity index (χ1v) is 12.4. The van der Waals surface area contributed by atoms with Crippen LogP contribution in [0.4, 0.5) is 4.79 Å². The summed E-state index contributed by atoms with van der Waals surface area (Å²) in [6, 6.07) is 2.38. The summed E-state index contributed by atoms with van der Waals surface area (Å²) in [4.78, 5) is 41.0. The first-order chi connectivity index (χ1) is 16.4. The zero-order valence-corrected chi connectivity index (χ0v) is 21.8. The van der Waals surface area contributed by atoms with E-state index in [1.165, 1.54) is 4.90 Å². The molecule has 0 saturated heterocycles. The number of rotatable bonds is 11. The number of para-hydroxylation sites is 1. The number of benzene rings is 1. The van der Waals surface area contributed by atoms with Gasteiger partial charge in [-0.05, 0) is 52.0 Å². The zero-order chi connectivity index (χ0) is 26.3. The number of phenols is 1. The van der Waals surface area contributed by atoms with Crippen molar-refractivity contribution in [3.63, 3.8) is 0 Å². The number of alkyl carbamates (subject to hydrolysis) is 1. The fourth-order valence-electron chi connectivity index (χ4n) is 3.99. The normalized spacial score (nSPS) is 18.8. The van der Waals surface area contributed by atoms with Crippen LogP contribution in [0.25, 0.3) is 0 Å². The molecule has 1 aromatic rings. The number of unbranched alkanes of at least 4 members (excludes halogenated alkanes) is 2. The molecule has 4 unspecified atom stereocenters. The Kier molecular flexibility index (Phi) is 9.94. The minimum Gasteiger partial charge on any atom is -0.507 e. The predicted octanol–water partition coefficient (Wildman–Crippen LogP) is 3.17. The number of aliphatic hydroxyl groups excluding tert-OH is 1. The average Bonchev–Trinajstić information content (AvgIpc) is 3.49. The fraction of sp³-hybridized carbons (Fsp3) is 0.654. The summed E-state index contributed by atoms with van der Waals surface area (Å²) in [7, 11) is 0. The van der Waals surface area contributed by atoms with Crippen LogP contribution in [-0.4, -0.2) is 63.9 Å². The van der Waals surface area contributed by atoms with Gasteiger partial charge in [0.25, 0.3) is 0 Å². The molecule has 9 heteroatoms. The number of hydrogen-bond donors (Lipinski definition) is 4. The molecular weight excluding hydrogens is 450 g/mol. The van der Waals surface area contributed by atoms with E-state index < -0.39 is 42.2 Å². The number of carbonyl (C=O) groups excluding carboxylic acids is 3. The summed E-state index contributed by atoms with van der Waals surface area (Å²) in [5, 5.41) is 26.2. The lowest BCUT2D eigenvalue weighted by Gasteiger charge is -2.35. The molecule has 196 valence electrons. The molecule has 4 N–H and O–H groups in total. The van der Waals surface area contributed by atoms with Crippen LogP contribution in [0, 0.1) is 12.8 Å². The van der Waals surface area contributed by atoms with Gasteiger partial charge in [0, 0.05) is 18.2 Å². The Bertz CT molecular complexity index is 898. The van der Waals surface area contributed by atoms with Gasteiger partial charge in [0.05, 0.1) is 6.61 Å². The highest BCUT2D eigenvalue weighted by Crippen LogP contribution is 2.42. The standard InChI is InChI=1S/C26H41N3O6/c1-7-8-9-13-27-23(32)21(18-12-10-11-16(2)22(18)31)29(20-14-17(20)3)24(33)19(15-30)28-25(34)35-26(4,5)6/h10-12,17,19-21,30-31H,7-9,13-15H2,1-6H3,(H,27,32)(H,28,34). The van der Waals surface area contributed by atoms with Crippen molar-refractivity contribution in [2.45, 2.75) is 91.0 Å². The molecule has 0 spiro atoms. The third-order valence-corrected chi connectivity index (χ3v) is 6.02. The third kappa shape index (κ3) is 7.85. The largest absolute Gasteiger partial charge is 0.507 e. The average molecular weight is 492 g/mol. The summed E-state index contributed by atoms with van der Waals surface area (Å²) >= 11 is 0. The van der Waals surface area contributed by atoms with Crippen LogP contribution >= 0.6 is 0 Å². The van der Waals surface area contributed by atoms with Crippen LogP contribution in [0.5, 0.6) is 5.75 Å². The lowest BCUT2D eigenvalue weighted by Crippen LogP contribution is -2.55. The molecular formula is C26H41N3O6. The quantitative estimate of drug-likeness (QED) is 0.352. The molecule has 0 aliphatic heterocycles. The number of amides is 3. The number of aliphatic hydroxyl groups is 1. The lowest BCUT2D eigenvalue weighted by molar-refractivity contribution is -0.144. The van der Waals surface area contributed by atoms with Crippen LogP contribution in [0.2, 0.25) is 0 Å². The molecule has 1 saturated carbocycles. The summed E-state index contributed by atoms with van der Waals surface area (Å²) in [6.45, 7) is 10.6. The van der Waals surface area contributed by atoms with Gasteiger partial charge < -0.3 is 30.5 Å². The minimum atomic E-state index is -1.31. The molecule has 0 aromatic heterocycles. The molecule has 0 bridgehead atoms. The Morgan fingerprint density at radius 3 is 2.43 bits per heavy atom. The lowest BCUT2D eigenvalue weighted by atomic mass is 9.99. The SMILES string of the molecule is CCCCCNC(=O)C(c1cccc(C)c1O)N(C(=O)C(CO)NC(=O)OC(C)(C)C)C1CC1C. The van der Waals surface area contributed by atoms with Gasteiger partial charge in [0.2, 0.25) is 11.8 Å². The van der Waals surface area contributed by atoms with Crippen molar-refractivity contribution in [2.24, 2.45) is 5.92 Å². The zero-order valence-electron chi connectivity index (χ0n) is 21.8. The van der Waals surface area contributed by atoms with Gasteiger partial charge in [-0.2, -0.15) is 0 Å². The first kappa shape index (κ1) is 28.4. The van der Waals surface area contributed by atoms with E-state index in [-0.39, 0.29) is 17.7 Å². The number of hydrogen-bond acceptors (Lipinski definition) is 6. The Morgan fingerprint density at radius 1 is 1.23 bits per heavy atom. The van der Waals surface area contributed by atoms with E-state index in [1.54, 1.807) is 45.9 Å². The van der Waals surface area contributed by atoms with E-state index in [2.05, 4.69) is 17.6 Å². The number of ether oxygens (including phenoxy) is 1. The molecule has 0 radical (unpaired) electrons. The van der Waals surface area contributed by atoms with E-state index in [1.807, 2.05) is 6.92 Å². The van der Waals surface area contributed by atoms with Gasteiger partial charge in [-0.1, -0.05) is 44.9 Å². The van der Waals surface area contributed by atoms with Crippen LogP contribution in [0.1, 0.15) is 77.5 Å². The van der Waals surface area contributed by atoms with E-state index in [9.17, 15) is 24.6 Å². The number of carbonyl (C=O) groups is 3. The fourth-order valence-corrected chi connectivity index (χ4v) is 3.99. The maximum Gasteiger partial charge on any atom is 0.408 e. The van der Waals surface area contributed by atoms with Crippen molar-refractivity contribution in [3.8, 4) is 5.75 Å².